The lowest BCUT2D eigenvalue weighted by Crippen LogP contribution is -1.97. The van der Waals surface area contributed by atoms with Crippen molar-refractivity contribution in [2.75, 3.05) is 0 Å². The minimum absolute atomic E-state index is 0.911. The predicted octanol–water partition coefficient (Wildman–Crippen LogP) is 9.64. The summed E-state index contributed by atoms with van der Waals surface area (Å²) in [6.45, 7) is 0. The van der Waals surface area contributed by atoms with Crippen molar-refractivity contribution in [2.45, 2.75) is 0 Å². The normalized spacial score (nSPS) is 11.8. The van der Waals surface area contributed by atoms with Crippen LogP contribution in [0.4, 0.5) is 0 Å². The molecule has 0 unspecified atom stereocenters. The van der Waals surface area contributed by atoms with Gasteiger partial charge in [0, 0.05) is 42.1 Å². The summed E-state index contributed by atoms with van der Waals surface area (Å²) in [5, 5.41) is 7.36. The molecule has 0 N–H and O–H groups in total. The highest BCUT2D eigenvalue weighted by molar-refractivity contribution is 7.26. The van der Waals surface area contributed by atoms with Crippen LogP contribution in [0.25, 0.3) is 75.3 Å². The van der Waals surface area contributed by atoms with Crippen LogP contribution in [0.15, 0.2) is 121 Å². The number of aromatic nitrogens is 2. The number of nitrogens with zero attached hydrogens (tertiary/aromatic N) is 2. The Labute approximate surface area is 217 Å². The van der Waals surface area contributed by atoms with Crippen LogP contribution in [0.1, 0.15) is 0 Å². The average molecular weight is 489 g/mol. The molecule has 37 heavy (non-hydrogen) atoms. The van der Waals surface area contributed by atoms with Crippen molar-refractivity contribution in [1.29, 1.82) is 0 Å². The molecule has 0 fully saturated rings. The number of rotatable bonds is 2. The van der Waals surface area contributed by atoms with Gasteiger partial charge in [0.1, 0.15) is 0 Å². The zero-order chi connectivity index (χ0) is 24.3. The van der Waals surface area contributed by atoms with Gasteiger partial charge in [-0.25, -0.2) is 9.97 Å². The molecule has 3 heteroatoms. The smallest absolute Gasteiger partial charge is 0.0980 e. The van der Waals surface area contributed by atoms with Gasteiger partial charge >= 0.3 is 0 Å². The van der Waals surface area contributed by atoms with Gasteiger partial charge in [-0.3, -0.25) is 0 Å². The van der Waals surface area contributed by atoms with Crippen LogP contribution in [0.5, 0.6) is 0 Å². The third-order valence-corrected chi connectivity index (χ3v) is 8.45. The van der Waals surface area contributed by atoms with E-state index in [-0.39, 0.29) is 0 Å². The fraction of sp³-hybridized carbons (Fsp3) is 0. The van der Waals surface area contributed by atoms with Gasteiger partial charge in [-0.2, -0.15) is 0 Å². The molecule has 0 aliphatic rings. The van der Waals surface area contributed by atoms with Crippen molar-refractivity contribution in [2.24, 2.45) is 0 Å². The zero-order valence-corrected chi connectivity index (χ0v) is 20.7. The van der Waals surface area contributed by atoms with E-state index in [1.165, 1.54) is 36.3 Å². The van der Waals surface area contributed by atoms with Crippen molar-refractivity contribution in [1.82, 2.24) is 9.97 Å². The molecule has 6 aromatic carbocycles. The lowest BCUT2D eigenvalue weighted by Gasteiger charge is -2.14. The molecule has 8 aromatic rings. The molecule has 0 aliphatic carbocycles. The summed E-state index contributed by atoms with van der Waals surface area (Å²) >= 11 is 1.86. The summed E-state index contributed by atoms with van der Waals surface area (Å²) in [4.78, 5) is 10.6. The molecule has 0 saturated heterocycles. The molecule has 0 radical (unpaired) electrons. The first-order chi connectivity index (χ1) is 18.3. The number of hydrogen-bond donors (Lipinski definition) is 0. The first-order valence-electron chi connectivity index (χ1n) is 12.4. The molecule has 0 aliphatic heterocycles. The minimum Gasteiger partial charge on any atom is -0.244 e. The average Bonchev–Trinajstić information content (AvgIpc) is 3.35. The van der Waals surface area contributed by atoms with Gasteiger partial charge in [0.25, 0.3) is 0 Å². The van der Waals surface area contributed by atoms with Crippen LogP contribution in [0.3, 0.4) is 0 Å². The first kappa shape index (κ1) is 20.6. The molecule has 0 spiro atoms. The maximum Gasteiger partial charge on any atom is 0.0980 e. The lowest BCUT2D eigenvalue weighted by atomic mass is 9.96. The summed E-state index contributed by atoms with van der Waals surface area (Å²) in [5.41, 5.74) is 5.87. The number of fused-ring (bicyclic) bond motifs is 8. The molecule has 0 bridgehead atoms. The Bertz CT molecular complexity index is 2140. The Morgan fingerprint density at radius 2 is 1.24 bits per heavy atom. The second kappa shape index (κ2) is 7.95. The predicted molar refractivity (Wildman–Crippen MR) is 158 cm³/mol. The fourth-order valence-electron chi connectivity index (χ4n) is 5.52. The SMILES string of the molecule is c1ccc(-c2nc3ccc4ccccc4c3nc2-c2cccc3ccc4c5ccccc5sc4c23)cc1. The standard InChI is InChI=1S/C34H20N2S/c1-2-10-23(11-3-1)31-33(36-32-24-13-5-4-9-21(24)18-20-28(32)35-31)27-15-8-12-22-17-19-26-25-14-6-7-16-29(25)37-34(26)30(22)27/h1-20H. The molecule has 2 nitrogen and oxygen atoms in total. The van der Waals surface area contributed by atoms with Crippen molar-refractivity contribution < 1.29 is 0 Å². The topological polar surface area (TPSA) is 25.8 Å². The number of hydrogen-bond acceptors (Lipinski definition) is 3. The second-order valence-corrected chi connectivity index (χ2v) is 10.4. The lowest BCUT2D eigenvalue weighted by molar-refractivity contribution is 1.30. The third-order valence-electron chi connectivity index (χ3n) is 7.25. The van der Waals surface area contributed by atoms with Gasteiger partial charge in [-0.05, 0) is 22.9 Å². The maximum absolute atomic E-state index is 5.40. The van der Waals surface area contributed by atoms with E-state index >= 15 is 0 Å². The van der Waals surface area contributed by atoms with Gasteiger partial charge < -0.3 is 0 Å². The monoisotopic (exact) mass is 488 g/mol. The Morgan fingerprint density at radius 3 is 2.16 bits per heavy atom. The van der Waals surface area contributed by atoms with Crippen molar-refractivity contribution in [3.8, 4) is 22.5 Å². The third kappa shape index (κ3) is 3.11. The van der Waals surface area contributed by atoms with Gasteiger partial charge in [0.05, 0.1) is 22.4 Å². The van der Waals surface area contributed by atoms with E-state index in [4.69, 9.17) is 9.97 Å². The summed E-state index contributed by atoms with van der Waals surface area (Å²) in [5.74, 6) is 0. The minimum atomic E-state index is 0.911. The van der Waals surface area contributed by atoms with Crippen molar-refractivity contribution >= 4 is 64.1 Å². The van der Waals surface area contributed by atoms with Crippen LogP contribution in [-0.4, -0.2) is 9.97 Å². The molecular formula is C34H20N2S. The Morgan fingerprint density at radius 1 is 0.486 bits per heavy atom. The van der Waals surface area contributed by atoms with Gasteiger partial charge in [0.2, 0.25) is 0 Å². The summed E-state index contributed by atoms with van der Waals surface area (Å²) in [7, 11) is 0. The molecule has 2 heterocycles. The summed E-state index contributed by atoms with van der Waals surface area (Å²) in [6.07, 6.45) is 0. The Hall–Kier alpha value is -4.60. The largest absolute Gasteiger partial charge is 0.244 e. The van der Waals surface area contributed by atoms with E-state index in [1.54, 1.807) is 0 Å². The summed E-state index contributed by atoms with van der Waals surface area (Å²) in [6, 6.07) is 42.8. The molecular weight excluding hydrogens is 468 g/mol. The van der Waals surface area contributed by atoms with E-state index in [0.717, 1.165) is 38.9 Å². The van der Waals surface area contributed by atoms with Crippen LogP contribution in [0.2, 0.25) is 0 Å². The second-order valence-electron chi connectivity index (χ2n) is 9.39. The first-order valence-corrected chi connectivity index (χ1v) is 13.2. The molecule has 2 aromatic heterocycles. The van der Waals surface area contributed by atoms with E-state index in [1.807, 2.05) is 17.4 Å². The highest BCUT2D eigenvalue weighted by Crippen LogP contribution is 2.43. The number of thiophene rings is 1. The molecule has 8 rings (SSSR count). The van der Waals surface area contributed by atoms with E-state index in [0.29, 0.717) is 0 Å². The van der Waals surface area contributed by atoms with E-state index in [2.05, 4.69) is 115 Å². The zero-order valence-electron chi connectivity index (χ0n) is 19.8. The van der Waals surface area contributed by atoms with Gasteiger partial charge in [0.15, 0.2) is 0 Å². The van der Waals surface area contributed by atoms with E-state index < -0.39 is 0 Å². The van der Waals surface area contributed by atoms with Gasteiger partial charge in [-0.15, -0.1) is 11.3 Å². The molecule has 0 amide bonds. The van der Waals surface area contributed by atoms with Crippen LogP contribution in [0, 0.1) is 0 Å². The van der Waals surface area contributed by atoms with Crippen molar-refractivity contribution in [3.63, 3.8) is 0 Å². The van der Waals surface area contributed by atoms with Crippen LogP contribution in [-0.2, 0) is 0 Å². The molecule has 0 atom stereocenters. The van der Waals surface area contributed by atoms with Crippen LogP contribution >= 0.6 is 11.3 Å². The fourth-order valence-corrected chi connectivity index (χ4v) is 6.80. The van der Waals surface area contributed by atoms with Gasteiger partial charge in [-0.1, -0.05) is 109 Å². The van der Waals surface area contributed by atoms with E-state index in [9.17, 15) is 0 Å². The highest BCUT2D eigenvalue weighted by atomic mass is 32.1. The van der Waals surface area contributed by atoms with Crippen molar-refractivity contribution in [3.05, 3.63) is 121 Å². The molecule has 172 valence electrons. The highest BCUT2D eigenvalue weighted by Gasteiger charge is 2.19. The number of benzene rings is 6. The Balaban J connectivity index is 1.55. The van der Waals surface area contributed by atoms with Crippen LogP contribution < -0.4 is 0 Å². The quantitative estimate of drug-likeness (QED) is 0.226. The Kier molecular flexibility index (Phi) is 4.42. The summed E-state index contributed by atoms with van der Waals surface area (Å²) < 4.78 is 2.60. The maximum atomic E-state index is 5.40. The molecule has 0 saturated carbocycles.